The molecule has 2 aromatic heterocycles. The number of morpholine rings is 1. The van der Waals surface area contributed by atoms with Gasteiger partial charge in [-0.25, -0.2) is 4.98 Å². The van der Waals surface area contributed by atoms with E-state index in [2.05, 4.69) is 71.2 Å². The SMILES string of the molecule is Cn1cc(-c2cc3ccc(N4CCOCC4)cc3nc2N)c2ccccc21. The summed E-state index contributed by atoms with van der Waals surface area (Å²) in [6.45, 7) is 3.37. The maximum Gasteiger partial charge on any atom is 0.132 e. The average molecular weight is 358 g/mol. The lowest BCUT2D eigenvalue weighted by Gasteiger charge is -2.29. The van der Waals surface area contributed by atoms with Gasteiger partial charge in [-0.3, -0.25) is 0 Å². The van der Waals surface area contributed by atoms with E-state index >= 15 is 0 Å². The van der Waals surface area contributed by atoms with Crippen molar-refractivity contribution in [2.75, 3.05) is 36.9 Å². The number of ether oxygens (including phenoxy) is 1. The first-order chi connectivity index (χ1) is 13.2. The lowest BCUT2D eigenvalue weighted by Crippen LogP contribution is -2.36. The molecule has 2 aromatic carbocycles. The van der Waals surface area contributed by atoms with Crippen LogP contribution in [0.15, 0.2) is 54.7 Å². The van der Waals surface area contributed by atoms with Gasteiger partial charge in [0, 0.05) is 59.4 Å². The Balaban J connectivity index is 1.62. The molecule has 0 radical (unpaired) electrons. The largest absolute Gasteiger partial charge is 0.383 e. The second-order valence-electron chi connectivity index (χ2n) is 7.07. The van der Waals surface area contributed by atoms with E-state index in [9.17, 15) is 0 Å². The van der Waals surface area contributed by atoms with Crippen LogP contribution in [0.1, 0.15) is 0 Å². The third-order valence-corrected chi connectivity index (χ3v) is 5.39. The fourth-order valence-corrected chi connectivity index (χ4v) is 3.96. The zero-order valence-electron chi connectivity index (χ0n) is 15.4. The Morgan fingerprint density at radius 2 is 1.81 bits per heavy atom. The first kappa shape index (κ1) is 16.1. The van der Waals surface area contributed by atoms with Gasteiger partial charge in [-0.15, -0.1) is 0 Å². The number of para-hydroxylation sites is 1. The molecule has 5 rings (SSSR count). The minimum Gasteiger partial charge on any atom is -0.383 e. The maximum atomic E-state index is 6.39. The summed E-state index contributed by atoms with van der Waals surface area (Å²) in [5.41, 5.74) is 11.8. The Morgan fingerprint density at radius 1 is 1.00 bits per heavy atom. The van der Waals surface area contributed by atoms with E-state index in [1.165, 1.54) is 16.6 Å². The number of rotatable bonds is 2. The molecule has 0 saturated carbocycles. The molecule has 2 N–H and O–H groups in total. The van der Waals surface area contributed by atoms with Crippen molar-refractivity contribution >= 4 is 33.3 Å². The molecule has 0 aliphatic carbocycles. The summed E-state index contributed by atoms with van der Waals surface area (Å²) in [6.07, 6.45) is 2.13. The van der Waals surface area contributed by atoms with Crippen LogP contribution in [0.2, 0.25) is 0 Å². The predicted octanol–water partition coefficient (Wildman–Crippen LogP) is 3.81. The number of benzene rings is 2. The third kappa shape index (κ3) is 2.71. The molecule has 0 spiro atoms. The lowest BCUT2D eigenvalue weighted by atomic mass is 10.0. The van der Waals surface area contributed by atoms with E-state index in [0.717, 1.165) is 48.3 Å². The quantitative estimate of drug-likeness (QED) is 0.592. The molecule has 0 unspecified atom stereocenters. The summed E-state index contributed by atoms with van der Waals surface area (Å²) in [6, 6.07) is 17.0. The Hall–Kier alpha value is -3.05. The van der Waals surface area contributed by atoms with Gasteiger partial charge in [0.25, 0.3) is 0 Å². The fourth-order valence-electron chi connectivity index (χ4n) is 3.96. The number of aromatic nitrogens is 2. The van der Waals surface area contributed by atoms with E-state index in [1.807, 2.05) is 0 Å². The number of hydrogen-bond donors (Lipinski definition) is 1. The van der Waals surface area contributed by atoms with Crippen molar-refractivity contribution in [3.63, 3.8) is 0 Å². The van der Waals surface area contributed by atoms with Gasteiger partial charge >= 0.3 is 0 Å². The van der Waals surface area contributed by atoms with Crippen LogP contribution >= 0.6 is 0 Å². The number of nitrogen functional groups attached to an aromatic ring is 1. The van der Waals surface area contributed by atoms with Crippen molar-refractivity contribution in [1.29, 1.82) is 0 Å². The minimum atomic E-state index is 0.568. The highest BCUT2D eigenvalue weighted by Crippen LogP contribution is 2.35. The second-order valence-corrected chi connectivity index (χ2v) is 7.07. The van der Waals surface area contributed by atoms with Crippen LogP contribution in [0.25, 0.3) is 32.9 Å². The number of fused-ring (bicyclic) bond motifs is 2. The molecule has 0 atom stereocenters. The van der Waals surface area contributed by atoms with Crippen LogP contribution < -0.4 is 10.6 Å². The van der Waals surface area contributed by atoms with E-state index in [1.54, 1.807) is 0 Å². The Labute approximate surface area is 158 Å². The number of aryl methyl sites for hydroxylation is 1. The van der Waals surface area contributed by atoms with Gasteiger partial charge in [-0.2, -0.15) is 0 Å². The van der Waals surface area contributed by atoms with Crippen LogP contribution in [-0.4, -0.2) is 35.9 Å². The first-order valence-electron chi connectivity index (χ1n) is 9.28. The molecular formula is C22H22N4O. The number of pyridine rings is 1. The molecule has 4 aromatic rings. The fraction of sp³-hybridized carbons (Fsp3) is 0.227. The van der Waals surface area contributed by atoms with E-state index in [-0.39, 0.29) is 0 Å². The molecule has 5 nitrogen and oxygen atoms in total. The molecule has 136 valence electrons. The highest BCUT2D eigenvalue weighted by Gasteiger charge is 2.15. The summed E-state index contributed by atoms with van der Waals surface area (Å²) in [5, 5.41) is 2.29. The topological polar surface area (TPSA) is 56.3 Å². The molecular weight excluding hydrogens is 336 g/mol. The number of nitrogens with zero attached hydrogens (tertiary/aromatic N) is 3. The van der Waals surface area contributed by atoms with Crippen molar-refractivity contribution in [2.45, 2.75) is 0 Å². The van der Waals surface area contributed by atoms with Crippen molar-refractivity contribution in [2.24, 2.45) is 7.05 Å². The van der Waals surface area contributed by atoms with Crippen LogP contribution in [0.4, 0.5) is 11.5 Å². The normalized spacial score (nSPS) is 14.9. The van der Waals surface area contributed by atoms with Crippen molar-refractivity contribution in [1.82, 2.24) is 9.55 Å². The smallest absolute Gasteiger partial charge is 0.132 e. The molecule has 1 aliphatic heterocycles. The van der Waals surface area contributed by atoms with Crippen molar-refractivity contribution < 1.29 is 4.74 Å². The maximum absolute atomic E-state index is 6.39. The van der Waals surface area contributed by atoms with Gasteiger partial charge in [-0.1, -0.05) is 24.3 Å². The monoisotopic (exact) mass is 358 g/mol. The van der Waals surface area contributed by atoms with Gasteiger partial charge in [0.05, 0.1) is 18.7 Å². The Bertz CT molecular complexity index is 1140. The highest BCUT2D eigenvalue weighted by molar-refractivity contribution is 6.01. The minimum absolute atomic E-state index is 0.568. The second kappa shape index (κ2) is 6.28. The predicted molar refractivity (Wildman–Crippen MR) is 111 cm³/mol. The zero-order chi connectivity index (χ0) is 18.4. The standard InChI is InChI=1S/C22H22N4O/c1-25-14-19(17-4-2-3-5-21(17)25)18-12-15-6-7-16(13-20(15)24-22(18)23)26-8-10-27-11-9-26/h2-7,12-14H,8-11H2,1H3,(H2,23,24). The number of hydrogen-bond acceptors (Lipinski definition) is 4. The van der Waals surface area contributed by atoms with E-state index in [0.29, 0.717) is 5.82 Å². The number of nitrogens with two attached hydrogens (primary N) is 1. The summed E-state index contributed by atoms with van der Waals surface area (Å²) in [4.78, 5) is 7.07. The Kier molecular flexibility index (Phi) is 3.76. The van der Waals surface area contributed by atoms with Crippen LogP contribution in [-0.2, 0) is 11.8 Å². The summed E-state index contributed by atoms with van der Waals surface area (Å²) < 4.78 is 7.59. The van der Waals surface area contributed by atoms with Gasteiger partial charge in [0.1, 0.15) is 5.82 Å². The molecule has 1 saturated heterocycles. The number of anilines is 2. The zero-order valence-corrected chi connectivity index (χ0v) is 15.4. The van der Waals surface area contributed by atoms with Crippen molar-refractivity contribution in [3.05, 3.63) is 54.7 Å². The van der Waals surface area contributed by atoms with Crippen LogP contribution in [0.3, 0.4) is 0 Å². The Morgan fingerprint density at radius 3 is 2.67 bits per heavy atom. The summed E-state index contributed by atoms with van der Waals surface area (Å²) >= 11 is 0. The molecule has 27 heavy (non-hydrogen) atoms. The van der Waals surface area contributed by atoms with Gasteiger partial charge in [0.2, 0.25) is 0 Å². The van der Waals surface area contributed by atoms with Crippen LogP contribution in [0.5, 0.6) is 0 Å². The highest BCUT2D eigenvalue weighted by atomic mass is 16.5. The molecule has 5 heteroatoms. The molecule has 0 bridgehead atoms. The lowest BCUT2D eigenvalue weighted by molar-refractivity contribution is 0.122. The van der Waals surface area contributed by atoms with Gasteiger partial charge < -0.3 is 19.9 Å². The van der Waals surface area contributed by atoms with Gasteiger partial charge in [-0.05, 0) is 24.3 Å². The summed E-state index contributed by atoms with van der Waals surface area (Å²) in [7, 11) is 2.06. The third-order valence-electron chi connectivity index (χ3n) is 5.39. The van der Waals surface area contributed by atoms with E-state index in [4.69, 9.17) is 15.5 Å². The molecule has 1 fully saturated rings. The summed E-state index contributed by atoms with van der Waals surface area (Å²) in [5.74, 6) is 0.568. The average Bonchev–Trinajstić information content (AvgIpc) is 3.04. The molecule has 3 heterocycles. The molecule has 0 amide bonds. The van der Waals surface area contributed by atoms with E-state index < -0.39 is 0 Å². The molecule has 1 aliphatic rings. The van der Waals surface area contributed by atoms with Crippen LogP contribution in [0, 0.1) is 0 Å². The first-order valence-corrected chi connectivity index (χ1v) is 9.28. The van der Waals surface area contributed by atoms with Crippen molar-refractivity contribution in [3.8, 4) is 11.1 Å². The van der Waals surface area contributed by atoms with Gasteiger partial charge in [0.15, 0.2) is 0 Å².